The molecule has 0 aromatic rings. The molecule has 1 saturated heterocycles. The molecule has 6 heteroatoms. The molecule has 2 atom stereocenters. The zero-order valence-corrected chi connectivity index (χ0v) is 11.9. The summed E-state index contributed by atoms with van der Waals surface area (Å²) in [6, 6.07) is 0. The third-order valence-corrected chi connectivity index (χ3v) is 13.8. The van der Waals surface area contributed by atoms with Gasteiger partial charge in [0, 0.05) is 0 Å². The van der Waals surface area contributed by atoms with Gasteiger partial charge in [-0.3, -0.25) is 0 Å². The first-order valence-corrected chi connectivity index (χ1v) is 11.2. The molecule has 60 valence electrons. The van der Waals surface area contributed by atoms with Crippen molar-refractivity contribution in [1.29, 1.82) is 0 Å². The SMILES string of the molecule is SSC1C[Se]C[Se]C1SS. The van der Waals surface area contributed by atoms with Gasteiger partial charge < -0.3 is 0 Å². The number of rotatable bonds is 2. The molecule has 10 heavy (non-hydrogen) atoms. The van der Waals surface area contributed by atoms with E-state index in [1.807, 2.05) is 0 Å². The second-order valence-corrected chi connectivity index (χ2v) is 11.6. The van der Waals surface area contributed by atoms with Crippen LogP contribution in [0, 0.1) is 0 Å². The fourth-order valence-corrected chi connectivity index (χ4v) is 15.4. The van der Waals surface area contributed by atoms with Crippen LogP contribution in [0.25, 0.3) is 0 Å². The van der Waals surface area contributed by atoms with Gasteiger partial charge in [-0.1, -0.05) is 0 Å². The topological polar surface area (TPSA) is 0 Å². The van der Waals surface area contributed by atoms with Crippen molar-refractivity contribution in [3.8, 4) is 0 Å². The van der Waals surface area contributed by atoms with Gasteiger partial charge in [0.15, 0.2) is 0 Å². The van der Waals surface area contributed by atoms with Gasteiger partial charge in [-0.15, -0.1) is 0 Å². The van der Waals surface area contributed by atoms with Crippen molar-refractivity contribution in [3.05, 3.63) is 0 Å². The third kappa shape index (κ3) is 3.06. The van der Waals surface area contributed by atoms with Gasteiger partial charge in [-0.05, 0) is 0 Å². The normalized spacial score (nSPS) is 34.2. The van der Waals surface area contributed by atoms with Crippen LogP contribution in [0.3, 0.4) is 0 Å². The maximum atomic E-state index is 4.27. The monoisotopic (exact) mass is 344 g/mol. The Morgan fingerprint density at radius 2 is 2.10 bits per heavy atom. The summed E-state index contributed by atoms with van der Waals surface area (Å²) in [5, 5.41) is 2.20. The second-order valence-electron chi connectivity index (χ2n) is 1.77. The van der Waals surface area contributed by atoms with Crippen LogP contribution in [0.5, 0.6) is 0 Å². The van der Waals surface area contributed by atoms with Gasteiger partial charge in [0.05, 0.1) is 0 Å². The van der Waals surface area contributed by atoms with Crippen LogP contribution in [0.4, 0.5) is 0 Å². The molecule has 0 aliphatic carbocycles. The molecule has 0 bridgehead atoms. The first-order chi connectivity index (χ1) is 4.88. The average Bonchev–Trinajstić information content (AvgIpc) is 2.04. The van der Waals surface area contributed by atoms with E-state index in [0.29, 0.717) is 0 Å². The zero-order valence-electron chi connectivity index (χ0n) is 5.10. The first kappa shape index (κ1) is 10.5. The molecule has 2 unspecified atom stereocenters. The molecular formula is C4H8S4Se2. The van der Waals surface area contributed by atoms with Crippen molar-refractivity contribution in [2.24, 2.45) is 0 Å². The molecule has 0 N–H and O–H groups in total. The Kier molecular flexibility index (Phi) is 6.29. The predicted octanol–water partition coefficient (Wildman–Crippen LogP) is 2.05. The summed E-state index contributed by atoms with van der Waals surface area (Å²) >= 11 is 10.3. The Morgan fingerprint density at radius 1 is 1.30 bits per heavy atom. The van der Waals surface area contributed by atoms with Gasteiger partial charge in [0.2, 0.25) is 0 Å². The Balaban J connectivity index is 2.34. The summed E-state index contributed by atoms with van der Waals surface area (Å²) in [6.45, 7) is 0. The van der Waals surface area contributed by atoms with E-state index in [-0.39, 0.29) is 0 Å². The van der Waals surface area contributed by atoms with Crippen LogP contribution in [-0.4, -0.2) is 39.3 Å². The Bertz CT molecular complexity index is 89.3. The molecular weight excluding hydrogens is 334 g/mol. The average molecular weight is 342 g/mol. The van der Waals surface area contributed by atoms with E-state index in [9.17, 15) is 0 Å². The molecule has 0 nitrogen and oxygen atoms in total. The van der Waals surface area contributed by atoms with E-state index in [1.54, 1.807) is 21.6 Å². The Labute approximate surface area is 92.7 Å². The molecule has 0 saturated carbocycles. The Hall–Kier alpha value is 2.44. The van der Waals surface area contributed by atoms with Crippen molar-refractivity contribution >= 4 is 74.8 Å². The number of hydrogen-bond acceptors (Lipinski definition) is 4. The molecule has 1 aliphatic rings. The molecule has 0 spiro atoms. The van der Waals surface area contributed by atoms with Crippen LogP contribution in [0.2, 0.25) is 9.54 Å². The fourth-order valence-electron chi connectivity index (χ4n) is 0.644. The molecule has 0 amide bonds. The Morgan fingerprint density at radius 3 is 2.60 bits per heavy atom. The van der Waals surface area contributed by atoms with Crippen LogP contribution in [-0.2, 0) is 0 Å². The summed E-state index contributed by atoms with van der Waals surface area (Å²) in [4.78, 5) is 0. The summed E-state index contributed by atoms with van der Waals surface area (Å²) in [5.74, 6) is 0. The molecule has 1 fully saturated rings. The number of thiol groups is 2. The van der Waals surface area contributed by atoms with Gasteiger partial charge in [0.1, 0.15) is 0 Å². The maximum absolute atomic E-state index is 4.27. The van der Waals surface area contributed by atoms with E-state index in [2.05, 4.69) is 23.3 Å². The van der Waals surface area contributed by atoms with E-state index in [0.717, 1.165) is 39.3 Å². The van der Waals surface area contributed by atoms with Gasteiger partial charge in [-0.25, -0.2) is 0 Å². The molecule has 0 aromatic heterocycles. The third-order valence-electron chi connectivity index (χ3n) is 1.14. The van der Waals surface area contributed by atoms with Crippen molar-refractivity contribution in [2.75, 3.05) is 0 Å². The zero-order chi connectivity index (χ0) is 7.40. The van der Waals surface area contributed by atoms with Crippen LogP contribution >= 0.6 is 44.9 Å². The summed E-state index contributed by atoms with van der Waals surface area (Å²) < 4.78 is 2.32. The van der Waals surface area contributed by atoms with Crippen molar-refractivity contribution in [3.63, 3.8) is 0 Å². The van der Waals surface area contributed by atoms with Gasteiger partial charge >= 0.3 is 93.8 Å². The van der Waals surface area contributed by atoms with Crippen LogP contribution < -0.4 is 0 Å². The van der Waals surface area contributed by atoms with E-state index < -0.39 is 0 Å². The second kappa shape index (κ2) is 5.98. The van der Waals surface area contributed by atoms with E-state index in [1.165, 1.54) is 9.54 Å². The summed E-state index contributed by atoms with van der Waals surface area (Å²) in [7, 11) is 3.48. The summed E-state index contributed by atoms with van der Waals surface area (Å²) in [6.07, 6.45) is 0. The number of hydrogen-bond donors (Lipinski definition) is 2. The fraction of sp³-hybridized carbons (Fsp3) is 1.00. The molecule has 1 heterocycles. The van der Waals surface area contributed by atoms with Crippen LogP contribution in [0.15, 0.2) is 0 Å². The van der Waals surface area contributed by atoms with Crippen molar-refractivity contribution < 1.29 is 0 Å². The molecule has 0 radical (unpaired) electrons. The summed E-state index contributed by atoms with van der Waals surface area (Å²) in [5.41, 5.74) is 0. The molecule has 1 rings (SSSR count). The van der Waals surface area contributed by atoms with E-state index >= 15 is 0 Å². The van der Waals surface area contributed by atoms with Gasteiger partial charge in [0.25, 0.3) is 0 Å². The predicted molar refractivity (Wildman–Crippen MR) is 61.9 cm³/mol. The van der Waals surface area contributed by atoms with Gasteiger partial charge in [-0.2, -0.15) is 0 Å². The first-order valence-electron chi connectivity index (χ1n) is 2.68. The minimum atomic E-state index is 0.791. The van der Waals surface area contributed by atoms with Crippen molar-refractivity contribution in [2.45, 2.75) is 18.9 Å². The van der Waals surface area contributed by atoms with E-state index in [4.69, 9.17) is 0 Å². The molecule has 1 aliphatic heterocycles. The van der Waals surface area contributed by atoms with Crippen LogP contribution in [0.1, 0.15) is 0 Å². The minimum absolute atomic E-state index is 0.791. The quantitative estimate of drug-likeness (QED) is 0.448. The standard InChI is InChI=1S/C4H8S4Se2/c5-7-3-1-9-2-10-4(3)8-6/h3-6H,1-2H2. The van der Waals surface area contributed by atoms with Crippen molar-refractivity contribution in [1.82, 2.24) is 0 Å². The molecule has 0 aromatic carbocycles.